The Labute approximate surface area is 219 Å². The number of rotatable bonds is 0. The summed E-state index contributed by atoms with van der Waals surface area (Å²) in [5.41, 5.74) is -6.81. The number of fused-ring (bicyclic) bond motifs is 5. The minimum Gasteiger partial charge on any atom is -0.458 e. The molecule has 2 N–H and O–H groups in total. The standard InChI is InChI=1S/C28H32O10/c1-23-10-18-25(3)28-19(23)20(31)27(38-28,35-11-16(23)21(32)36-18)15-5-4-12-8-13(29)9-17(30)24(12,2)14(15)6-7-26(28,34)22(33)37-25/h4,13-16,18-19,29,34H,5-11H2,1-3H3/t13-,14-,15+,16-,18+,19-,23+,24-,25-,26-,27-,28-/m0/s1. The first-order valence-electron chi connectivity index (χ1n) is 13.8. The van der Waals surface area contributed by atoms with Crippen LogP contribution in [0.25, 0.3) is 0 Å². The van der Waals surface area contributed by atoms with Crippen LogP contribution in [0, 0.1) is 34.5 Å². The molecular weight excluding hydrogens is 496 g/mol. The third kappa shape index (κ3) is 2.07. The predicted octanol–water partition coefficient (Wildman–Crippen LogP) is 0.752. The van der Waals surface area contributed by atoms with Crippen molar-refractivity contribution in [2.24, 2.45) is 34.5 Å². The maximum absolute atomic E-state index is 14.9. The summed E-state index contributed by atoms with van der Waals surface area (Å²) in [5, 5.41) is 22.8. The Hall–Kier alpha value is -2.14. The molecule has 2 spiro atoms. The van der Waals surface area contributed by atoms with Crippen molar-refractivity contribution in [1.29, 1.82) is 0 Å². The summed E-state index contributed by atoms with van der Waals surface area (Å²) in [5.74, 6) is -6.74. The maximum Gasteiger partial charge on any atom is 0.342 e. The van der Waals surface area contributed by atoms with E-state index in [0.29, 0.717) is 12.8 Å². The molecule has 3 aliphatic carbocycles. The van der Waals surface area contributed by atoms with E-state index in [1.807, 2.05) is 19.9 Å². The van der Waals surface area contributed by atoms with E-state index < -0.39 is 81.2 Å². The van der Waals surface area contributed by atoms with E-state index in [1.54, 1.807) is 6.92 Å². The Balaban J connectivity index is 1.41. The second-order valence-corrected chi connectivity index (χ2v) is 13.6. The number of allylic oxidation sites excluding steroid dienone is 1. The fourth-order valence-electron chi connectivity index (χ4n) is 10.3. The molecule has 5 bridgehead atoms. The van der Waals surface area contributed by atoms with Crippen LogP contribution in [0.1, 0.15) is 59.3 Å². The molecule has 8 aliphatic rings. The fourth-order valence-corrected chi connectivity index (χ4v) is 10.3. The summed E-state index contributed by atoms with van der Waals surface area (Å²) in [6.45, 7) is 5.18. The van der Waals surface area contributed by atoms with Gasteiger partial charge in [-0.2, -0.15) is 0 Å². The monoisotopic (exact) mass is 528 g/mol. The van der Waals surface area contributed by atoms with Gasteiger partial charge in [-0.15, -0.1) is 0 Å². The summed E-state index contributed by atoms with van der Waals surface area (Å²) >= 11 is 0. The van der Waals surface area contributed by atoms with Crippen molar-refractivity contribution in [1.82, 2.24) is 0 Å². The van der Waals surface area contributed by atoms with Crippen molar-refractivity contribution in [3.63, 3.8) is 0 Å². The highest BCUT2D eigenvalue weighted by Gasteiger charge is 2.93. The van der Waals surface area contributed by atoms with E-state index in [-0.39, 0.29) is 43.9 Å². The smallest absolute Gasteiger partial charge is 0.342 e. The maximum atomic E-state index is 14.9. The molecule has 0 aromatic rings. The topological polar surface area (TPSA) is 146 Å². The van der Waals surface area contributed by atoms with Gasteiger partial charge in [0.15, 0.2) is 22.6 Å². The van der Waals surface area contributed by atoms with Gasteiger partial charge in [0.25, 0.3) is 0 Å². The lowest BCUT2D eigenvalue weighted by atomic mass is 9.46. The lowest BCUT2D eigenvalue weighted by Gasteiger charge is -2.63. The van der Waals surface area contributed by atoms with Gasteiger partial charge in [0.2, 0.25) is 5.79 Å². The molecule has 0 unspecified atom stereocenters. The molecule has 2 saturated carbocycles. The van der Waals surface area contributed by atoms with E-state index in [2.05, 4.69) is 0 Å². The Kier molecular flexibility index (Phi) is 4.01. The quantitative estimate of drug-likeness (QED) is 0.341. The number of aliphatic hydroxyl groups excluding tert-OH is 1. The van der Waals surface area contributed by atoms with E-state index in [0.717, 1.165) is 5.57 Å². The summed E-state index contributed by atoms with van der Waals surface area (Å²) in [6.07, 6.45) is 1.42. The van der Waals surface area contributed by atoms with E-state index in [4.69, 9.17) is 18.9 Å². The summed E-state index contributed by atoms with van der Waals surface area (Å²) < 4.78 is 25.1. The molecule has 5 aliphatic heterocycles. The molecule has 5 heterocycles. The molecule has 12 atom stereocenters. The summed E-state index contributed by atoms with van der Waals surface area (Å²) in [4.78, 5) is 55.4. The van der Waals surface area contributed by atoms with Crippen LogP contribution < -0.4 is 0 Å². The van der Waals surface area contributed by atoms with Crippen LogP contribution in [-0.4, -0.2) is 75.1 Å². The highest BCUT2D eigenvalue weighted by atomic mass is 16.8. The van der Waals surface area contributed by atoms with Gasteiger partial charge in [-0.05, 0) is 57.3 Å². The number of hydrogen-bond acceptors (Lipinski definition) is 10. The molecule has 204 valence electrons. The zero-order valence-electron chi connectivity index (χ0n) is 21.7. The number of hydrogen-bond donors (Lipinski definition) is 2. The van der Waals surface area contributed by atoms with E-state index in [1.165, 1.54) is 0 Å². The van der Waals surface area contributed by atoms with Crippen LogP contribution in [0.4, 0.5) is 0 Å². The fraction of sp³-hybridized carbons (Fsp3) is 0.786. The van der Waals surface area contributed by atoms with Gasteiger partial charge in [-0.3, -0.25) is 14.4 Å². The molecule has 0 aromatic heterocycles. The minimum atomic E-state index is -2.21. The predicted molar refractivity (Wildman–Crippen MR) is 124 cm³/mol. The minimum absolute atomic E-state index is 0.00959. The molecule has 38 heavy (non-hydrogen) atoms. The van der Waals surface area contributed by atoms with Crippen LogP contribution in [-0.2, 0) is 38.1 Å². The third-order valence-corrected chi connectivity index (χ3v) is 12.3. The highest BCUT2D eigenvalue weighted by Crippen LogP contribution is 2.75. The molecule has 0 aromatic carbocycles. The van der Waals surface area contributed by atoms with Crippen LogP contribution >= 0.6 is 0 Å². The first-order chi connectivity index (χ1) is 17.8. The average molecular weight is 529 g/mol. The van der Waals surface area contributed by atoms with Crippen molar-refractivity contribution in [2.75, 3.05) is 6.61 Å². The van der Waals surface area contributed by atoms with Crippen molar-refractivity contribution >= 4 is 23.5 Å². The SMILES string of the molecule is C[C@]12C(=O)C[C@@H](O)CC1=CC[C@@H]1[C@@H]2CC[C@]2(O)C(=O)O[C@@]3(C)[C@H]4C[C@]5(C)[C@@H](CO[C@]16O[C@@]32[C@H]5C6=O)C(=O)O4. The number of carbonyl (C=O) groups excluding carboxylic acids is 4. The summed E-state index contributed by atoms with van der Waals surface area (Å²) in [6, 6.07) is 0. The average Bonchev–Trinajstić information content (AvgIpc) is 3.16. The first-order valence-corrected chi connectivity index (χ1v) is 13.8. The second-order valence-electron chi connectivity index (χ2n) is 13.6. The Morgan fingerprint density at radius 3 is 2.58 bits per heavy atom. The van der Waals surface area contributed by atoms with Gasteiger partial charge in [-0.1, -0.05) is 18.6 Å². The number of aliphatic hydroxyl groups is 2. The molecule has 7 fully saturated rings. The number of ether oxygens (including phenoxy) is 4. The molecule has 5 saturated heterocycles. The van der Waals surface area contributed by atoms with Crippen LogP contribution in [0.5, 0.6) is 0 Å². The number of ketones is 2. The van der Waals surface area contributed by atoms with Gasteiger partial charge in [-0.25, -0.2) is 4.79 Å². The first kappa shape index (κ1) is 23.7. The summed E-state index contributed by atoms with van der Waals surface area (Å²) in [7, 11) is 0. The van der Waals surface area contributed by atoms with Gasteiger partial charge in [0, 0.05) is 12.3 Å². The van der Waals surface area contributed by atoms with Gasteiger partial charge in [0.05, 0.1) is 30.0 Å². The number of Topliss-reactive ketones (excluding diaryl/α,β-unsaturated/α-hetero) is 2. The largest absolute Gasteiger partial charge is 0.458 e. The van der Waals surface area contributed by atoms with Crippen LogP contribution in [0.2, 0.25) is 0 Å². The molecular formula is C28H32O10. The van der Waals surface area contributed by atoms with Crippen molar-refractivity contribution in [3.05, 3.63) is 11.6 Å². The van der Waals surface area contributed by atoms with Gasteiger partial charge < -0.3 is 29.2 Å². The van der Waals surface area contributed by atoms with Gasteiger partial charge in [0.1, 0.15) is 11.9 Å². The Bertz CT molecular complexity index is 1290. The zero-order chi connectivity index (χ0) is 26.8. The van der Waals surface area contributed by atoms with Crippen LogP contribution in [0.3, 0.4) is 0 Å². The molecule has 10 heteroatoms. The third-order valence-electron chi connectivity index (χ3n) is 12.3. The lowest BCUT2D eigenvalue weighted by molar-refractivity contribution is -0.374. The highest BCUT2D eigenvalue weighted by molar-refractivity contribution is 5.99. The van der Waals surface area contributed by atoms with E-state index in [9.17, 15) is 29.4 Å². The zero-order valence-corrected chi connectivity index (χ0v) is 21.7. The van der Waals surface area contributed by atoms with Gasteiger partial charge >= 0.3 is 11.9 Å². The normalized spacial score (nSPS) is 59.7. The van der Waals surface area contributed by atoms with Crippen molar-refractivity contribution < 1.29 is 48.3 Å². The molecule has 0 radical (unpaired) electrons. The molecule has 10 nitrogen and oxygen atoms in total. The second kappa shape index (κ2) is 6.43. The lowest BCUT2D eigenvalue weighted by Crippen LogP contribution is -2.79. The Morgan fingerprint density at radius 2 is 1.82 bits per heavy atom. The Morgan fingerprint density at radius 1 is 1.05 bits per heavy atom. The number of carbonyl (C=O) groups is 4. The van der Waals surface area contributed by atoms with Crippen molar-refractivity contribution in [2.45, 2.75) is 94.1 Å². The van der Waals surface area contributed by atoms with Crippen molar-refractivity contribution in [3.8, 4) is 0 Å². The number of esters is 2. The van der Waals surface area contributed by atoms with E-state index >= 15 is 0 Å². The molecule has 0 amide bonds. The molecule has 8 rings (SSSR count). The van der Waals surface area contributed by atoms with Crippen LogP contribution in [0.15, 0.2) is 11.6 Å².